The van der Waals surface area contributed by atoms with E-state index in [-0.39, 0.29) is 0 Å². The Hall–Kier alpha value is -0.780. The smallest absolute Gasteiger partial charge is 0.169 e. The van der Waals surface area contributed by atoms with Crippen LogP contribution >= 0.6 is 27.5 Å². The third-order valence-corrected chi connectivity index (χ3v) is 3.49. The maximum atomic E-state index is 10.0. The fourth-order valence-corrected chi connectivity index (χ4v) is 2.28. The van der Waals surface area contributed by atoms with E-state index in [0.717, 1.165) is 11.3 Å². The van der Waals surface area contributed by atoms with Crippen LogP contribution in [0.15, 0.2) is 21.2 Å². The Balaban J connectivity index is 2.21. The van der Waals surface area contributed by atoms with Crippen LogP contribution in [0.2, 0.25) is 5.15 Å². The molecular weight excluding hydrogens is 307 g/mol. The molecule has 2 heterocycles. The van der Waals surface area contributed by atoms with Crippen molar-refractivity contribution in [3.05, 3.63) is 39.0 Å². The van der Waals surface area contributed by atoms with Crippen molar-refractivity contribution in [3.8, 4) is 0 Å². The Morgan fingerprint density at radius 2 is 2.29 bits per heavy atom. The van der Waals surface area contributed by atoms with Gasteiger partial charge in [0.1, 0.15) is 17.0 Å². The summed E-state index contributed by atoms with van der Waals surface area (Å²) in [4.78, 5) is 0. The van der Waals surface area contributed by atoms with E-state index in [1.54, 1.807) is 23.9 Å². The van der Waals surface area contributed by atoms with Gasteiger partial charge in [0.05, 0.1) is 5.69 Å². The summed E-state index contributed by atoms with van der Waals surface area (Å²) in [5, 5.41) is 14.8. The third kappa shape index (κ3) is 2.56. The molecule has 0 fully saturated rings. The van der Waals surface area contributed by atoms with Crippen LogP contribution < -0.4 is 0 Å². The van der Waals surface area contributed by atoms with E-state index in [1.807, 2.05) is 6.92 Å². The molecule has 6 heteroatoms. The number of aromatic nitrogens is 2. The quantitative estimate of drug-likeness (QED) is 0.946. The summed E-state index contributed by atoms with van der Waals surface area (Å²) in [6.45, 7) is 1.87. The number of halogens is 2. The zero-order valence-electron chi connectivity index (χ0n) is 9.44. The second-order valence-corrected chi connectivity index (χ2v) is 4.98. The molecule has 2 aromatic rings. The van der Waals surface area contributed by atoms with Crippen LogP contribution in [0.4, 0.5) is 0 Å². The lowest BCUT2D eigenvalue weighted by Gasteiger charge is -2.07. The van der Waals surface area contributed by atoms with Crippen molar-refractivity contribution in [1.82, 2.24) is 9.78 Å². The summed E-state index contributed by atoms with van der Waals surface area (Å²) >= 11 is 9.30. The summed E-state index contributed by atoms with van der Waals surface area (Å²) in [5.74, 6) is 0.510. The number of aryl methyl sites for hydroxylation is 2. The molecular formula is C11H12BrClN2O2. The minimum atomic E-state index is -0.721. The number of aliphatic hydroxyl groups is 1. The zero-order valence-corrected chi connectivity index (χ0v) is 11.8. The number of nitrogens with zero attached hydrogens (tertiary/aromatic N) is 2. The average molecular weight is 320 g/mol. The van der Waals surface area contributed by atoms with Gasteiger partial charge in [0.25, 0.3) is 0 Å². The molecule has 0 saturated heterocycles. The Morgan fingerprint density at radius 3 is 2.76 bits per heavy atom. The van der Waals surface area contributed by atoms with Crippen molar-refractivity contribution in [1.29, 1.82) is 0 Å². The fraction of sp³-hybridized carbons (Fsp3) is 0.364. The van der Waals surface area contributed by atoms with Gasteiger partial charge < -0.3 is 9.52 Å². The lowest BCUT2D eigenvalue weighted by molar-refractivity contribution is 0.148. The van der Waals surface area contributed by atoms with Crippen LogP contribution in [0.3, 0.4) is 0 Å². The number of hydrogen-bond acceptors (Lipinski definition) is 3. The average Bonchev–Trinajstić information content (AvgIpc) is 2.79. The van der Waals surface area contributed by atoms with E-state index in [0.29, 0.717) is 22.0 Å². The standard InChI is InChI=1S/C11H12BrClN2O2/c1-6-7(11(13)15(2)14-6)5-8(16)9-3-4-10(12)17-9/h3-4,8,16H,5H2,1-2H3. The van der Waals surface area contributed by atoms with Crippen LogP contribution in [-0.4, -0.2) is 14.9 Å². The fourth-order valence-electron chi connectivity index (χ4n) is 1.71. The minimum absolute atomic E-state index is 0.387. The number of furan rings is 1. The zero-order chi connectivity index (χ0) is 12.6. The summed E-state index contributed by atoms with van der Waals surface area (Å²) in [7, 11) is 1.77. The Morgan fingerprint density at radius 1 is 1.59 bits per heavy atom. The Kier molecular flexibility index (Phi) is 3.61. The van der Waals surface area contributed by atoms with Crippen LogP contribution in [0, 0.1) is 6.92 Å². The Labute approximate surface area is 112 Å². The summed E-state index contributed by atoms with van der Waals surface area (Å²) < 4.78 is 7.49. The van der Waals surface area contributed by atoms with Gasteiger partial charge in [-0.2, -0.15) is 5.10 Å². The molecule has 2 rings (SSSR count). The molecule has 92 valence electrons. The van der Waals surface area contributed by atoms with Crippen molar-refractivity contribution in [3.63, 3.8) is 0 Å². The van der Waals surface area contributed by atoms with Crippen molar-refractivity contribution >= 4 is 27.5 Å². The SMILES string of the molecule is Cc1nn(C)c(Cl)c1CC(O)c1ccc(Br)o1. The highest BCUT2D eigenvalue weighted by molar-refractivity contribution is 9.10. The highest BCUT2D eigenvalue weighted by Gasteiger charge is 2.18. The minimum Gasteiger partial charge on any atom is -0.452 e. The van der Waals surface area contributed by atoms with Gasteiger partial charge in [-0.1, -0.05) is 11.6 Å². The van der Waals surface area contributed by atoms with Crippen molar-refractivity contribution < 1.29 is 9.52 Å². The van der Waals surface area contributed by atoms with Gasteiger partial charge in [-0.05, 0) is 35.0 Å². The molecule has 0 aliphatic carbocycles. The molecule has 17 heavy (non-hydrogen) atoms. The summed E-state index contributed by atoms with van der Waals surface area (Å²) in [5.41, 5.74) is 1.66. The van der Waals surface area contributed by atoms with Crippen LogP contribution in [-0.2, 0) is 13.5 Å². The largest absolute Gasteiger partial charge is 0.452 e. The molecule has 0 spiro atoms. The third-order valence-electron chi connectivity index (χ3n) is 2.59. The lowest BCUT2D eigenvalue weighted by atomic mass is 10.1. The maximum Gasteiger partial charge on any atom is 0.169 e. The normalized spacial score (nSPS) is 13.0. The first kappa shape index (κ1) is 12.7. The monoisotopic (exact) mass is 318 g/mol. The van der Waals surface area contributed by atoms with E-state index in [4.69, 9.17) is 16.0 Å². The molecule has 0 saturated carbocycles. The molecule has 0 radical (unpaired) electrons. The molecule has 0 amide bonds. The van der Waals surface area contributed by atoms with E-state index in [1.165, 1.54) is 0 Å². The van der Waals surface area contributed by atoms with Crippen molar-refractivity contribution in [2.24, 2.45) is 7.05 Å². The Bertz CT molecular complexity index is 536. The van der Waals surface area contributed by atoms with Crippen molar-refractivity contribution in [2.75, 3.05) is 0 Å². The van der Waals surface area contributed by atoms with Gasteiger partial charge >= 0.3 is 0 Å². The first-order chi connectivity index (χ1) is 7.99. The molecule has 0 bridgehead atoms. The number of aliphatic hydroxyl groups excluding tert-OH is 1. The van der Waals surface area contributed by atoms with Gasteiger partial charge in [0.15, 0.2) is 4.67 Å². The molecule has 0 aromatic carbocycles. The lowest BCUT2D eigenvalue weighted by Crippen LogP contribution is -2.01. The summed E-state index contributed by atoms with van der Waals surface area (Å²) in [6.07, 6.45) is -0.333. The molecule has 4 nitrogen and oxygen atoms in total. The predicted octanol–water partition coefficient (Wildman–Crippen LogP) is 3.01. The number of hydrogen-bond donors (Lipinski definition) is 1. The van der Waals surface area contributed by atoms with Gasteiger partial charge in [-0.25, -0.2) is 0 Å². The number of rotatable bonds is 3. The molecule has 1 unspecified atom stereocenters. The molecule has 0 aliphatic rings. The predicted molar refractivity (Wildman–Crippen MR) is 68.0 cm³/mol. The molecule has 1 N–H and O–H groups in total. The van der Waals surface area contributed by atoms with Crippen molar-refractivity contribution in [2.45, 2.75) is 19.4 Å². The first-order valence-corrected chi connectivity index (χ1v) is 6.27. The molecule has 0 aliphatic heterocycles. The van der Waals surface area contributed by atoms with Gasteiger partial charge in [0.2, 0.25) is 0 Å². The summed E-state index contributed by atoms with van der Waals surface area (Å²) in [6, 6.07) is 3.48. The van der Waals surface area contributed by atoms with Gasteiger partial charge in [-0.3, -0.25) is 4.68 Å². The molecule has 2 aromatic heterocycles. The maximum absolute atomic E-state index is 10.0. The van der Waals surface area contributed by atoms with Gasteiger partial charge in [0, 0.05) is 19.0 Å². The van der Waals surface area contributed by atoms with E-state index < -0.39 is 6.10 Å². The highest BCUT2D eigenvalue weighted by Crippen LogP contribution is 2.27. The van der Waals surface area contributed by atoms with Gasteiger partial charge in [-0.15, -0.1) is 0 Å². The van der Waals surface area contributed by atoms with E-state index in [2.05, 4.69) is 21.0 Å². The molecule has 1 atom stereocenters. The van der Waals surface area contributed by atoms with Crippen LogP contribution in [0.5, 0.6) is 0 Å². The second-order valence-electron chi connectivity index (χ2n) is 3.84. The van der Waals surface area contributed by atoms with Crippen LogP contribution in [0.25, 0.3) is 0 Å². The first-order valence-electron chi connectivity index (χ1n) is 5.10. The van der Waals surface area contributed by atoms with Crippen LogP contribution in [0.1, 0.15) is 23.1 Å². The second kappa shape index (κ2) is 4.84. The van der Waals surface area contributed by atoms with E-state index >= 15 is 0 Å². The van der Waals surface area contributed by atoms with E-state index in [9.17, 15) is 5.11 Å². The highest BCUT2D eigenvalue weighted by atomic mass is 79.9. The topological polar surface area (TPSA) is 51.2 Å².